The van der Waals surface area contributed by atoms with Crippen LogP contribution in [0.1, 0.15) is 16.7 Å². The fourth-order valence-electron chi connectivity index (χ4n) is 3.55. The Balaban J connectivity index is 1.68. The number of carbonyl (C=O) groups excluding carboxylic acids is 2. The minimum atomic E-state index is -0.429. The first-order chi connectivity index (χ1) is 15.3. The van der Waals surface area contributed by atoms with Crippen molar-refractivity contribution in [2.45, 2.75) is 13.3 Å². The summed E-state index contributed by atoms with van der Waals surface area (Å²) >= 11 is 12.2. The van der Waals surface area contributed by atoms with Gasteiger partial charge in [0.05, 0.1) is 5.57 Å². The van der Waals surface area contributed by atoms with Crippen molar-refractivity contribution in [1.82, 2.24) is 4.90 Å². The Labute approximate surface area is 195 Å². The van der Waals surface area contributed by atoms with Gasteiger partial charge in [0.1, 0.15) is 11.5 Å². The summed E-state index contributed by atoms with van der Waals surface area (Å²) in [5, 5.41) is 4.21. The van der Waals surface area contributed by atoms with Crippen LogP contribution in [0.15, 0.2) is 72.4 Å². The number of benzene rings is 3. The van der Waals surface area contributed by atoms with Crippen LogP contribution >= 0.6 is 23.2 Å². The number of rotatable bonds is 6. The van der Waals surface area contributed by atoms with E-state index in [1.807, 2.05) is 6.92 Å². The standard InChI is InChI=1S/C25H19Cl2FN2O2/c1-15-20(27)3-2-4-21(15)29-23-22(17-7-9-18(26)10-8-17)24(31)30(25(23)32)14-13-16-5-11-19(28)12-6-16/h2-12,29H,13-14H2,1H3. The molecule has 32 heavy (non-hydrogen) atoms. The number of hydrogen-bond acceptors (Lipinski definition) is 3. The summed E-state index contributed by atoms with van der Waals surface area (Å²) in [5.74, 6) is -1.17. The van der Waals surface area contributed by atoms with Gasteiger partial charge in [0.25, 0.3) is 11.8 Å². The lowest BCUT2D eigenvalue weighted by molar-refractivity contribution is -0.136. The normalized spacial score (nSPS) is 13.8. The van der Waals surface area contributed by atoms with Gasteiger partial charge in [-0.2, -0.15) is 0 Å². The van der Waals surface area contributed by atoms with Crippen LogP contribution in [0.3, 0.4) is 0 Å². The molecule has 4 nitrogen and oxygen atoms in total. The number of amides is 2. The first-order valence-electron chi connectivity index (χ1n) is 9.98. The third-order valence-electron chi connectivity index (χ3n) is 5.37. The Morgan fingerprint density at radius 2 is 1.59 bits per heavy atom. The van der Waals surface area contributed by atoms with Gasteiger partial charge in [0, 0.05) is 22.3 Å². The van der Waals surface area contributed by atoms with Crippen LogP contribution in [-0.4, -0.2) is 23.3 Å². The molecule has 0 aromatic heterocycles. The lowest BCUT2D eigenvalue weighted by Gasteiger charge is -2.16. The molecule has 1 N–H and O–H groups in total. The van der Waals surface area contributed by atoms with Crippen molar-refractivity contribution >= 4 is 46.3 Å². The monoisotopic (exact) mass is 468 g/mol. The molecule has 0 spiro atoms. The molecule has 1 aliphatic heterocycles. The summed E-state index contributed by atoms with van der Waals surface area (Å²) in [6.45, 7) is 2.00. The lowest BCUT2D eigenvalue weighted by Crippen LogP contribution is -2.34. The summed E-state index contributed by atoms with van der Waals surface area (Å²) in [5.41, 5.74) is 3.26. The fourth-order valence-corrected chi connectivity index (χ4v) is 3.85. The number of nitrogens with one attached hydrogen (secondary N) is 1. The van der Waals surface area contributed by atoms with Gasteiger partial charge in [0.2, 0.25) is 0 Å². The molecule has 0 aliphatic carbocycles. The fraction of sp³-hybridized carbons (Fsp3) is 0.120. The number of carbonyl (C=O) groups is 2. The molecule has 0 atom stereocenters. The average Bonchev–Trinajstić information content (AvgIpc) is 3.01. The molecule has 0 saturated heterocycles. The quantitative estimate of drug-likeness (QED) is 0.459. The third-order valence-corrected chi connectivity index (χ3v) is 6.03. The van der Waals surface area contributed by atoms with Crippen molar-refractivity contribution in [2.75, 3.05) is 11.9 Å². The Bertz CT molecular complexity index is 1220. The highest BCUT2D eigenvalue weighted by molar-refractivity contribution is 6.37. The van der Waals surface area contributed by atoms with Crippen molar-refractivity contribution in [3.8, 4) is 0 Å². The smallest absolute Gasteiger partial charge is 0.278 e. The highest BCUT2D eigenvalue weighted by atomic mass is 35.5. The Morgan fingerprint density at radius 1 is 0.906 bits per heavy atom. The van der Waals surface area contributed by atoms with Crippen LogP contribution < -0.4 is 5.32 Å². The molecule has 0 bridgehead atoms. The van der Waals surface area contributed by atoms with E-state index in [-0.39, 0.29) is 23.6 Å². The zero-order chi connectivity index (χ0) is 22.8. The van der Waals surface area contributed by atoms with E-state index < -0.39 is 11.8 Å². The van der Waals surface area contributed by atoms with Crippen molar-refractivity contribution in [3.05, 3.63) is 105 Å². The van der Waals surface area contributed by atoms with Crippen molar-refractivity contribution in [1.29, 1.82) is 0 Å². The van der Waals surface area contributed by atoms with E-state index >= 15 is 0 Å². The highest BCUT2D eigenvalue weighted by Gasteiger charge is 2.39. The van der Waals surface area contributed by atoms with E-state index in [1.54, 1.807) is 54.6 Å². The molecule has 0 saturated carbocycles. The molecule has 3 aromatic rings. The summed E-state index contributed by atoms with van der Waals surface area (Å²) in [7, 11) is 0. The van der Waals surface area contributed by atoms with Crippen LogP contribution in [0.5, 0.6) is 0 Å². The number of nitrogens with zero attached hydrogens (tertiary/aromatic N) is 1. The van der Waals surface area contributed by atoms with E-state index in [1.165, 1.54) is 17.0 Å². The van der Waals surface area contributed by atoms with Crippen LogP contribution in [0.25, 0.3) is 5.57 Å². The molecule has 0 radical (unpaired) electrons. The average molecular weight is 469 g/mol. The van der Waals surface area contributed by atoms with Gasteiger partial charge in [-0.25, -0.2) is 4.39 Å². The van der Waals surface area contributed by atoms with Gasteiger partial charge in [-0.05, 0) is 66.4 Å². The first-order valence-corrected chi connectivity index (χ1v) is 10.7. The number of imide groups is 1. The summed E-state index contributed by atoms with van der Waals surface area (Å²) in [4.78, 5) is 27.8. The lowest BCUT2D eigenvalue weighted by atomic mass is 10.0. The summed E-state index contributed by atoms with van der Waals surface area (Å²) in [6, 6.07) is 18.1. The van der Waals surface area contributed by atoms with E-state index in [0.717, 1.165) is 11.1 Å². The van der Waals surface area contributed by atoms with Crippen LogP contribution in [0.2, 0.25) is 10.0 Å². The highest BCUT2D eigenvalue weighted by Crippen LogP contribution is 2.33. The molecule has 0 unspecified atom stereocenters. The maximum absolute atomic E-state index is 13.3. The van der Waals surface area contributed by atoms with Crippen LogP contribution in [0, 0.1) is 12.7 Å². The summed E-state index contributed by atoms with van der Waals surface area (Å²) in [6.07, 6.45) is 0.412. The molecule has 0 fully saturated rings. The predicted molar refractivity (Wildman–Crippen MR) is 125 cm³/mol. The Kier molecular flexibility index (Phi) is 6.31. The third kappa shape index (κ3) is 4.40. The number of halogens is 3. The van der Waals surface area contributed by atoms with E-state index in [2.05, 4.69) is 5.32 Å². The van der Waals surface area contributed by atoms with Gasteiger partial charge >= 0.3 is 0 Å². The van der Waals surface area contributed by atoms with Crippen molar-refractivity contribution < 1.29 is 14.0 Å². The zero-order valence-electron chi connectivity index (χ0n) is 17.2. The molecular weight excluding hydrogens is 450 g/mol. The topological polar surface area (TPSA) is 49.4 Å². The van der Waals surface area contributed by atoms with Gasteiger partial charge in [-0.1, -0.05) is 53.5 Å². The first kappa shape index (κ1) is 22.1. The molecule has 7 heteroatoms. The SMILES string of the molecule is Cc1c(Cl)cccc1NC1=C(c2ccc(Cl)cc2)C(=O)N(CCc2ccc(F)cc2)C1=O. The van der Waals surface area contributed by atoms with Gasteiger partial charge in [-0.3, -0.25) is 14.5 Å². The maximum atomic E-state index is 13.3. The van der Waals surface area contributed by atoms with Crippen LogP contribution in [-0.2, 0) is 16.0 Å². The second-order valence-electron chi connectivity index (χ2n) is 7.43. The number of hydrogen-bond donors (Lipinski definition) is 1. The minimum absolute atomic E-state index is 0.167. The Morgan fingerprint density at radius 3 is 2.28 bits per heavy atom. The van der Waals surface area contributed by atoms with Gasteiger partial charge in [-0.15, -0.1) is 0 Å². The molecular formula is C25H19Cl2FN2O2. The van der Waals surface area contributed by atoms with Gasteiger partial charge in [0.15, 0.2) is 0 Å². The molecule has 162 valence electrons. The molecule has 2 amide bonds. The van der Waals surface area contributed by atoms with Crippen LogP contribution in [0.4, 0.5) is 10.1 Å². The summed E-state index contributed by atoms with van der Waals surface area (Å²) < 4.78 is 13.2. The molecule has 3 aromatic carbocycles. The Hall–Kier alpha value is -3.15. The maximum Gasteiger partial charge on any atom is 0.278 e. The van der Waals surface area contributed by atoms with E-state index in [4.69, 9.17) is 23.2 Å². The largest absolute Gasteiger partial charge is 0.350 e. The van der Waals surface area contributed by atoms with Crippen molar-refractivity contribution in [2.24, 2.45) is 0 Å². The second-order valence-corrected chi connectivity index (χ2v) is 8.28. The van der Waals surface area contributed by atoms with E-state index in [0.29, 0.717) is 27.7 Å². The predicted octanol–water partition coefficient (Wildman–Crippen LogP) is 5.88. The van der Waals surface area contributed by atoms with Crippen molar-refractivity contribution in [3.63, 3.8) is 0 Å². The molecule has 1 heterocycles. The molecule has 4 rings (SSSR count). The van der Waals surface area contributed by atoms with E-state index in [9.17, 15) is 14.0 Å². The zero-order valence-corrected chi connectivity index (χ0v) is 18.7. The second kappa shape index (κ2) is 9.15. The molecule has 1 aliphatic rings. The number of anilines is 1. The minimum Gasteiger partial charge on any atom is -0.350 e. The van der Waals surface area contributed by atoms with Gasteiger partial charge < -0.3 is 5.32 Å².